The maximum Gasteiger partial charge on any atom is 0.292 e. The van der Waals surface area contributed by atoms with Gasteiger partial charge in [-0.25, -0.2) is 0 Å². The molecule has 0 aromatic heterocycles. The fourth-order valence-electron chi connectivity index (χ4n) is 1.79. The zero-order valence-corrected chi connectivity index (χ0v) is 9.63. The van der Waals surface area contributed by atoms with Crippen LogP contribution in [0.15, 0.2) is 48.5 Å². The van der Waals surface area contributed by atoms with Crippen molar-refractivity contribution in [3.8, 4) is 18.1 Å². The average molecular weight is 234 g/mol. The molecule has 0 atom stereocenters. The van der Waals surface area contributed by atoms with Crippen molar-refractivity contribution < 1.29 is 4.74 Å². The molecule has 0 saturated carbocycles. The maximum absolute atomic E-state index is 9.04. The minimum absolute atomic E-state index is 0.535. The SMILES string of the molecule is N#COc1ccccc1Cc1ccccc1C#N. The van der Waals surface area contributed by atoms with Crippen molar-refractivity contribution in [2.24, 2.45) is 0 Å². The first-order chi connectivity index (χ1) is 8.85. The second kappa shape index (κ2) is 5.52. The highest BCUT2D eigenvalue weighted by molar-refractivity contribution is 5.44. The van der Waals surface area contributed by atoms with Crippen LogP contribution >= 0.6 is 0 Å². The molecule has 2 aromatic carbocycles. The molecule has 18 heavy (non-hydrogen) atoms. The Morgan fingerprint density at radius 1 is 0.889 bits per heavy atom. The van der Waals surface area contributed by atoms with Crippen LogP contribution in [0.2, 0.25) is 0 Å². The predicted octanol–water partition coefficient (Wildman–Crippen LogP) is 3.01. The van der Waals surface area contributed by atoms with Crippen LogP contribution in [0.5, 0.6) is 5.75 Å². The Morgan fingerprint density at radius 3 is 2.28 bits per heavy atom. The molecular formula is C15H10N2O. The molecule has 0 aliphatic heterocycles. The van der Waals surface area contributed by atoms with Gasteiger partial charge in [-0.15, -0.1) is 5.26 Å². The Balaban J connectivity index is 2.35. The number of nitriles is 2. The average Bonchev–Trinajstić information content (AvgIpc) is 2.42. The van der Waals surface area contributed by atoms with Crippen LogP contribution in [0.25, 0.3) is 0 Å². The van der Waals surface area contributed by atoms with Crippen molar-refractivity contribution in [1.29, 1.82) is 10.5 Å². The summed E-state index contributed by atoms with van der Waals surface area (Å²) in [4.78, 5) is 0. The molecule has 0 amide bonds. The van der Waals surface area contributed by atoms with E-state index < -0.39 is 0 Å². The molecule has 0 aliphatic rings. The van der Waals surface area contributed by atoms with E-state index >= 15 is 0 Å². The molecule has 2 rings (SSSR count). The maximum atomic E-state index is 9.04. The molecule has 0 N–H and O–H groups in total. The first kappa shape index (κ1) is 11.7. The van der Waals surface area contributed by atoms with Crippen LogP contribution in [-0.4, -0.2) is 0 Å². The molecule has 2 aromatic rings. The van der Waals surface area contributed by atoms with Gasteiger partial charge in [0.1, 0.15) is 5.75 Å². The fourth-order valence-corrected chi connectivity index (χ4v) is 1.79. The largest absolute Gasteiger partial charge is 0.388 e. The van der Waals surface area contributed by atoms with Gasteiger partial charge in [0.2, 0.25) is 0 Å². The Hall–Kier alpha value is -2.78. The summed E-state index contributed by atoms with van der Waals surface area (Å²) >= 11 is 0. The third-order valence-electron chi connectivity index (χ3n) is 2.65. The highest BCUT2D eigenvalue weighted by atomic mass is 16.5. The van der Waals surface area contributed by atoms with Crippen molar-refractivity contribution in [2.75, 3.05) is 0 Å². The monoisotopic (exact) mass is 234 g/mol. The summed E-state index contributed by atoms with van der Waals surface area (Å²) in [5, 5.41) is 17.6. The number of hydrogen-bond acceptors (Lipinski definition) is 3. The lowest BCUT2D eigenvalue weighted by atomic mass is 10.00. The molecule has 0 radical (unpaired) electrons. The van der Waals surface area contributed by atoms with Crippen LogP contribution in [0.4, 0.5) is 0 Å². The lowest BCUT2D eigenvalue weighted by Crippen LogP contribution is -1.95. The van der Waals surface area contributed by atoms with Gasteiger partial charge in [0, 0.05) is 12.0 Å². The Labute approximate surface area is 105 Å². The molecule has 0 aliphatic carbocycles. The molecule has 0 bridgehead atoms. The van der Waals surface area contributed by atoms with E-state index in [4.69, 9.17) is 15.3 Å². The molecule has 3 nitrogen and oxygen atoms in total. The quantitative estimate of drug-likeness (QED) is 0.767. The van der Waals surface area contributed by atoms with Crippen molar-refractivity contribution in [3.05, 3.63) is 65.2 Å². The van der Waals surface area contributed by atoms with Crippen LogP contribution in [0, 0.1) is 22.8 Å². The highest BCUT2D eigenvalue weighted by Gasteiger charge is 2.07. The van der Waals surface area contributed by atoms with Gasteiger partial charge in [-0.3, -0.25) is 0 Å². The van der Waals surface area contributed by atoms with Gasteiger partial charge in [0.25, 0.3) is 6.26 Å². The Morgan fingerprint density at radius 2 is 1.56 bits per heavy atom. The first-order valence-corrected chi connectivity index (χ1v) is 5.47. The summed E-state index contributed by atoms with van der Waals surface area (Å²) in [7, 11) is 0. The Kier molecular flexibility index (Phi) is 3.59. The number of nitrogens with zero attached hydrogens (tertiary/aromatic N) is 2. The smallest absolute Gasteiger partial charge is 0.292 e. The van der Waals surface area contributed by atoms with Gasteiger partial charge >= 0.3 is 0 Å². The lowest BCUT2D eigenvalue weighted by molar-refractivity contribution is 0.501. The predicted molar refractivity (Wildman–Crippen MR) is 66.6 cm³/mol. The highest BCUT2D eigenvalue weighted by Crippen LogP contribution is 2.22. The summed E-state index contributed by atoms with van der Waals surface area (Å²) in [6, 6.07) is 16.9. The zero-order chi connectivity index (χ0) is 12.8. The standard InChI is InChI=1S/C15H10N2O/c16-10-14-7-2-1-5-12(14)9-13-6-3-4-8-15(13)18-11-17/h1-8H,9H2. The number of hydrogen-bond donors (Lipinski definition) is 0. The number of para-hydroxylation sites is 1. The molecule has 0 spiro atoms. The normalized spacial score (nSPS) is 9.22. The molecule has 0 saturated heterocycles. The third-order valence-corrected chi connectivity index (χ3v) is 2.65. The molecule has 0 unspecified atom stereocenters. The molecule has 86 valence electrons. The van der Waals surface area contributed by atoms with E-state index in [1.807, 2.05) is 36.4 Å². The molecule has 0 fully saturated rings. The summed E-state index contributed by atoms with van der Waals surface area (Å²) in [5.74, 6) is 0.535. The van der Waals surface area contributed by atoms with E-state index in [-0.39, 0.29) is 0 Å². The molecule has 3 heteroatoms. The first-order valence-electron chi connectivity index (χ1n) is 5.47. The summed E-state index contributed by atoms with van der Waals surface area (Å²) < 4.78 is 4.91. The number of ether oxygens (including phenoxy) is 1. The van der Waals surface area contributed by atoms with Crippen molar-refractivity contribution in [3.63, 3.8) is 0 Å². The lowest BCUT2D eigenvalue weighted by Gasteiger charge is -2.07. The molecular weight excluding hydrogens is 224 g/mol. The summed E-state index contributed by atoms with van der Waals surface area (Å²) in [5.41, 5.74) is 2.46. The van der Waals surface area contributed by atoms with Gasteiger partial charge in [-0.2, -0.15) is 5.26 Å². The van der Waals surface area contributed by atoms with Gasteiger partial charge in [0.15, 0.2) is 0 Å². The minimum atomic E-state index is 0.535. The van der Waals surface area contributed by atoms with E-state index in [0.29, 0.717) is 17.7 Å². The van der Waals surface area contributed by atoms with Crippen LogP contribution in [0.3, 0.4) is 0 Å². The fraction of sp³-hybridized carbons (Fsp3) is 0.0667. The van der Waals surface area contributed by atoms with E-state index in [0.717, 1.165) is 11.1 Å². The van der Waals surface area contributed by atoms with E-state index in [2.05, 4.69) is 6.07 Å². The van der Waals surface area contributed by atoms with Crippen molar-refractivity contribution in [2.45, 2.75) is 6.42 Å². The summed E-state index contributed by atoms with van der Waals surface area (Å²) in [6.45, 7) is 0. The Bertz CT molecular complexity index is 635. The summed E-state index contributed by atoms with van der Waals surface area (Å²) in [6.07, 6.45) is 2.24. The van der Waals surface area contributed by atoms with E-state index in [1.165, 1.54) is 0 Å². The van der Waals surface area contributed by atoms with E-state index in [1.54, 1.807) is 18.4 Å². The molecule has 0 heterocycles. The minimum Gasteiger partial charge on any atom is -0.388 e. The van der Waals surface area contributed by atoms with Gasteiger partial charge in [0.05, 0.1) is 11.6 Å². The van der Waals surface area contributed by atoms with Crippen LogP contribution in [-0.2, 0) is 6.42 Å². The second-order valence-corrected chi connectivity index (χ2v) is 3.75. The van der Waals surface area contributed by atoms with Crippen molar-refractivity contribution in [1.82, 2.24) is 0 Å². The number of benzene rings is 2. The second-order valence-electron chi connectivity index (χ2n) is 3.75. The third kappa shape index (κ3) is 2.48. The topological polar surface area (TPSA) is 56.8 Å². The number of rotatable bonds is 3. The van der Waals surface area contributed by atoms with Crippen molar-refractivity contribution >= 4 is 0 Å². The van der Waals surface area contributed by atoms with Crippen LogP contribution < -0.4 is 4.74 Å². The zero-order valence-electron chi connectivity index (χ0n) is 9.63. The van der Waals surface area contributed by atoms with E-state index in [9.17, 15) is 0 Å². The van der Waals surface area contributed by atoms with Gasteiger partial charge in [-0.1, -0.05) is 36.4 Å². The van der Waals surface area contributed by atoms with Crippen LogP contribution in [0.1, 0.15) is 16.7 Å². The van der Waals surface area contributed by atoms with Gasteiger partial charge < -0.3 is 4.74 Å². The van der Waals surface area contributed by atoms with Gasteiger partial charge in [-0.05, 0) is 17.7 Å².